The number of hydrogen-bond donors (Lipinski definition) is 3. The normalized spacial score (nSPS) is 18.5. The Balaban J connectivity index is 1.91. The zero-order valence-corrected chi connectivity index (χ0v) is 11.1. The fourth-order valence-electron chi connectivity index (χ4n) is 2.31. The number of aliphatic hydroxyl groups is 1. The van der Waals surface area contributed by atoms with E-state index in [1.165, 1.54) is 0 Å². The number of carbonyl (C=O) groups is 1. The molecule has 0 bridgehead atoms. The molecule has 0 fully saturated rings. The summed E-state index contributed by atoms with van der Waals surface area (Å²) in [6.07, 6.45) is 1.19. The number of para-hydroxylation sites is 1. The third-order valence-electron chi connectivity index (χ3n) is 3.28. The van der Waals surface area contributed by atoms with Gasteiger partial charge in [0.05, 0.1) is 12.6 Å². The molecule has 0 saturated carbocycles. The van der Waals surface area contributed by atoms with Gasteiger partial charge < -0.3 is 20.5 Å². The molecule has 1 amide bonds. The second-order valence-corrected chi connectivity index (χ2v) is 4.73. The predicted octanol–water partition coefficient (Wildman–Crippen LogP) is 0.537. The molecule has 0 radical (unpaired) electrons. The maximum atomic E-state index is 12.2. The van der Waals surface area contributed by atoms with Gasteiger partial charge in [0, 0.05) is 25.8 Å². The average Bonchev–Trinajstić information content (AvgIpc) is 2.83. The van der Waals surface area contributed by atoms with Crippen molar-refractivity contribution in [3.05, 3.63) is 29.8 Å². The van der Waals surface area contributed by atoms with Crippen LogP contribution >= 0.6 is 0 Å². The highest BCUT2D eigenvalue weighted by Crippen LogP contribution is 2.25. The lowest BCUT2D eigenvalue weighted by Gasteiger charge is -2.19. The van der Waals surface area contributed by atoms with Crippen LogP contribution in [0, 0.1) is 0 Å². The minimum Gasteiger partial charge on any atom is -0.396 e. The molecular formula is C14H20N2O3. The molecule has 1 aromatic rings. The van der Waals surface area contributed by atoms with Gasteiger partial charge in [-0.25, -0.2) is 0 Å². The Bertz CT molecular complexity index is 405. The summed E-state index contributed by atoms with van der Waals surface area (Å²) < 4.78 is 5.04. The molecule has 5 nitrogen and oxygen atoms in total. The number of anilines is 1. The monoisotopic (exact) mass is 264 g/mol. The van der Waals surface area contributed by atoms with Crippen LogP contribution in [0.2, 0.25) is 0 Å². The van der Waals surface area contributed by atoms with Crippen LogP contribution in [-0.4, -0.2) is 43.4 Å². The standard InChI is InChI=1S/C14H20N2O3/c1-19-9-11(6-7-17)15-14(18)13-8-10-4-2-3-5-12(10)16-13/h2-5,11,13,16-17H,6-9H2,1H3,(H,15,18). The van der Waals surface area contributed by atoms with E-state index < -0.39 is 0 Å². The van der Waals surface area contributed by atoms with E-state index in [9.17, 15) is 4.79 Å². The van der Waals surface area contributed by atoms with E-state index >= 15 is 0 Å². The Morgan fingerprint density at radius 2 is 2.37 bits per heavy atom. The molecule has 19 heavy (non-hydrogen) atoms. The molecule has 0 aromatic heterocycles. The summed E-state index contributed by atoms with van der Waals surface area (Å²) in [5.41, 5.74) is 2.18. The van der Waals surface area contributed by atoms with E-state index in [1.54, 1.807) is 7.11 Å². The minimum absolute atomic E-state index is 0.0344. The summed E-state index contributed by atoms with van der Waals surface area (Å²) in [5, 5.41) is 15.1. The predicted molar refractivity (Wildman–Crippen MR) is 73.1 cm³/mol. The van der Waals surface area contributed by atoms with E-state index in [-0.39, 0.29) is 24.6 Å². The van der Waals surface area contributed by atoms with E-state index in [2.05, 4.69) is 10.6 Å². The first-order valence-electron chi connectivity index (χ1n) is 6.49. The summed E-state index contributed by atoms with van der Waals surface area (Å²) in [5.74, 6) is -0.0494. The zero-order chi connectivity index (χ0) is 13.7. The number of rotatable bonds is 6. The van der Waals surface area contributed by atoms with Gasteiger partial charge in [0.2, 0.25) is 5.91 Å². The Kier molecular flexibility index (Phi) is 4.76. The van der Waals surface area contributed by atoms with Gasteiger partial charge in [0.15, 0.2) is 0 Å². The summed E-state index contributed by atoms with van der Waals surface area (Å²) in [7, 11) is 1.58. The number of methoxy groups -OCH3 is 1. The van der Waals surface area contributed by atoms with Gasteiger partial charge in [-0.2, -0.15) is 0 Å². The number of aliphatic hydroxyl groups excluding tert-OH is 1. The summed E-state index contributed by atoms with van der Waals surface area (Å²) in [6, 6.07) is 7.54. The van der Waals surface area contributed by atoms with Crippen molar-refractivity contribution in [2.45, 2.75) is 24.9 Å². The Hall–Kier alpha value is -1.59. The second-order valence-electron chi connectivity index (χ2n) is 4.73. The van der Waals surface area contributed by atoms with Crippen LogP contribution < -0.4 is 10.6 Å². The fraction of sp³-hybridized carbons (Fsp3) is 0.500. The molecule has 1 heterocycles. The Labute approximate surface area is 113 Å². The van der Waals surface area contributed by atoms with Crippen molar-refractivity contribution in [3.63, 3.8) is 0 Å². The van der Waals surface area contributed by atoms with Crippen molar-refractivity contribution in [1.29, 1.82) is 0 Å². The van der Waals surface area contributed by atoms with Crippen LogP contribution in [0.25, 0.3) is 0 Å². The molecule has 2 unspecified atom stereocenters. The highest BCUT2D eigenvalue weighted by atomic mass is 16.5. The third-order valence-corrected chi connectivity index (χ3v) is 3.28. The molecule has 2 atom stereocenters. The fourth-order valence-corrected chi connectivity index (χ4v) is 2.31. The summed E-state index contributed by atoms with van der Waals surface area (Å²) in [6.45, 7) is 0.443. The SMILES string of the molecule is COCC(CCO)NC(=O)C1Cc2ccccc2N1. The van der Waals surface area contributed by atoms with Gasteiger partial charge >= 0.3 is 0 Å². The van der Waals surface area contributed by atoms with Crippen molar-refractivity contribution in [2.75, 3.05) is 25.6 Å². The lowest BCUT2D eigenvalue weighted by atomic mass is 10.1. The van der Waals surface area contributed by atoms with E-state index in [0.717, 1.165) is 11.3 Å². The molecule has 5 heteroatoms. The molecule has 1 aliphatic heterocycles. The Morgan fingerprint density at radius 1 is 1.58 bits per heavy atom. The van der Waals surface area contributed by atoms with Crippen molar-refractivity contribution in [2.24, 2.45) is 0 Å². The van der Waals surface area contributed by atoms with Crippen LogP contribution in [-0.2, 0) is 16.0 Å². The molecule has 0 aliphatic carbocycles. The number of ether oxygens (including phenoxy) is 1. The second kappa shape index (κ2) is 6.54. The van der Waals surface area contributed by atoms with Crippen LogP contribution in [0.15, 0.2) is 24.3 Å². The molecule has 3 N–H and O–H groups in total. The molecule has 0 spiro atoms. The molecule has 1 aliphatic rings. The van der Waals surface area contributed by atoms with Crippen molar-refractivity contribution in [1.82, 2.24) is 5.32 Å². The highest BCUT2D eigenvalue weighted by molar-refractivity contribution is 5.87. The molecule has 1 aromatic carbocycles. The van der Waals surface area contributed by atoms with Gasteiger partial charge in [0.1, 0.15) is 6.04 Å². The van der Waals surface area contributed by atoms with Gasteiger partial charge in [-0.3, -0.25) is 4.79 Å². The first-order valence-corrected chi connectivity index (χ1v) is 6.49. The third kappa shape index (κ3) is 3.45. The molecule has 2 rings (SSSR count). The van der Waals surface area contributed by atoms with Gasteiger partial charge in [-0.1, -0.05) is 18.2 Å². The highest BCUT2D eigenvalue weighted by Gasteiger charge is 2.27. The van der Waals surface area contributed by atoms with Crippen molar-refractivity contribution < 1.29 is 14.6 Å². The van der Waals surface area contributed by atoms with E-state index in [0.29, 0.717) is 19.4 Å². The minimum atomic E-state index is -0.240. The summed E-state index contributed by atoms with van der Waals surface area (Å²) >= 11 is 0. The van der Waals surface area contributed by atoms with Gasteiger partial charge in [0.25, 0.3) is 0 Å². The van der Waals surface area contributed by atoms with Crippen LogP contribution in [0.5, 0.6) is 0 Å². The number of amides is 1. The number of hydrogen-bond acceptors (Lipinski definition) is 4. The lowest BCUT2D eigenvalue weighted by Crippen LogP contribution is -2.46. The van der Waals surface area contributed by atoms with Crippen LogP contribution in [0.1, 0.15) is 12.0 Å². The number of carbonyl (C=O) groups excluding carboxylic acids is 1. The summed E-state index contributed by atoms with van der Waals surface area (Å²) in [4.78, 5) is 12.2. The average molecular weight is 264 g/mol. The largest absolute Gasteiger partial charge is 0.396 e. The number of fused-ring (bicyclic) bond motifs is 1. The van der Waals surface area contributed by atoms with Crippen molar-refractivity contribution >= 4 is 11.6 Å². The van der Waals surface area contributed by atoms with E-state index in [1.807, 2.05) is 24.3 Å². The maximum absolute atomic E-state index is 12.2. The first kappa shape index (κ1) is 13.8. The first-order chi connectivity index (χ1) is 9.24. The Morgan fingerprint density at radius 3 is 3.05 bits per heavy atom. The quantitative estimate of drug-likeness (QED) is 0.701. The topological polar surface area (TPSA) is 70.6 Å². The number of benzene rings is 1. The van der Waals surface area contributed by atoms with Crippen LogP contribution in [0.4, 0.5) is 5.69 Å². The molecule has 0 saturated heterocycles. The maximum Gasteiger partial charge on any atom is 0.243 e. The smallest absolute Gasteiger partial charge is 0.243 e. The molecular weight excluding hydrogens is 244 g/mol. The van der Waals surface area contributed by atoms with Gasteiger partial charge in [-0.05, 0) is 18.1 Å². The van der Waals surface area contributed by atoms with E-state index in [4.69, 9.17) is 9.84 Å². The van der Waals surface area contributed by atoms with Crippen LogP contribution in [0.3, 0.4) is 0 Å². The van der Waals surface area contributed by atoms with Crippen molar-refractivity contribution in [3.8, 4) is 0 Å². The molecule has 104 valence electrons. The number of nitrogens with one attached hydrogen (secondary N) is 2. The van der Waals surface area contributed by atoms with Gasteiger partial charge in [-0.15, -0.1) is 0 Å². The lowest BCUT2D eigenvalue weighted by molar-refractivity contribution is -0.122. The zero-order valence-electron chi connectivity index (χ0n) is 11.1.